The Bertz CT molecular complexity index is 931. The highest BCUT2D eigenvalue weighted by atomic mass is 16.4. The van der Waals surface area contributed by atoms with Crippen LogP contribution in [-0.4, -0.2) is 5.11 Å². The lowest BCUT2D eigenvalue weighted by Crippen LogP contribution is -2.83. The Morgan fingerprint density at radius 3 is 2.54 bits per heavy atom. The fourth-order valence-corrected chi connectivity index (χ4v) is 3.46. The van der Waals surface area contributed by atoms with Gasteiger partial charge in [0, 0.05) is 35.1 Å². The first-order chi connectivity index (χ1) is 12.6. The summed E-state index contributed by atoms with van der Waals surface area (Å²) in [7, 11) is 0. The van der Waals surface area contributed by atoms with Gasteiger partial charge in [-0.25, -0.2) is 4.79 Å². The topological polar surface area (TPSA) is 67.0 Å². The van der Waals surface area contributed by atoms with Gasteiger partial charge in [0.05, 0.1) is 0 Å². The van der Waals surface area contributed by atoms with E-state index in [4.69, 9.17) is 4.42 Å². The van der Waals surface area contributed by atoms with E-state index in [2.05, 4.69) is 36.5 Å². The molecule has 1 heterocycles. The zero-order valence-corrected chi connectivity index (χ0v) is 15.4. The van der Waals surface area contributed by atoms with Gasteiger partial charge < -0.3 is 14.8 Å². The summed E-state index contributed by atoms with van der Waals surface area (Å²) in [6.45, 7) is 4.88. The maximum Gasteiger partial charge on any atom is 0.336 e. The van der Waals surface area contributed by atoms with Crippen molar-refractivity contribution in [1.82, 2.24) is 0 Å². The lowest BCUT2D eigenvalue weighted by Gasteiger charge is -2.16. The summed E-state index contributed by atoms with van der Waals surface area (Å²) >= 11 is 0. The fraction of sp³-hybridized carbons (Fsp3) is 0.318. The van der Waals surface area contributed by atoms with Gasteiger partial charge in [0.1, 0.15) is 23.9 Å². The molecule has 1 atom stereocenters. The molecule has 0 spiro atoms. The second kappa shape index (κ2) is 8.19. The normalized spacial score (nSPS) is 12.4. The highest BCUT2D eigenvalue weighted by Crippen LogP contribution is 2.26. The number of quaternary nitrogens is 1. The van der Waals surface area contributed by atoms with E-state index in [9.17, 15) is 9.90 Å². The van der Waals surface area contributed by atoms with Crippen LogP contribution in [0.25, 0.3) is 11.0 Å². The minimum atomic E-state index is -0.378. The van der Waals surface area contributed by atoms with E-state index in [0.29, 0.717) is 18.2 Å². The number of hydrogen-bond acceptors (Lipinski definition) is 3. The van der Waals surface area contributed by atoms with Crippen LogP contribution in [0.4, 0.5) is 0 Å². The Hall–Kier alpha value is -2.59. The summed E-state index contributed by atoms with van der Waals surface area (Å²) in [5.41, 5.74) is 3.18. The SMILES string of the molecule is CCC[C@H]([NH2+]Cc1cc(=O)oc2cc(O)c(CC)cc12)c1ccccc1. The predicted octanol–water partition coefficient (Wildman–Crippen LogP) is 3.67. The molecule has 0 fully saturated rings. The summed E-state index contributed by atoms with van der Waals surface area (Å²) in [5, 5.41) is 13.2. The van der Waals surface area contributed by atoms with Gasteiger partial charge in [-0.3, -0.25) is 0 Å². The van der Waals surface area contributed by atoms with Crippen molar-refractivity contribution in [2.75, 3.05) is 0 Å². The summed E-state index contributed by atoms with van der Waals surface area (Å²) in [6, 6.07) is 15.9. The van der Waals surface area contributed by atoms with Crippen LogP contribution in [0.2, 0.25) is 0 Å². The first-order valence-corrected chi connectivity index (χ1v) is 9.29. The lowest BCUT2D eigenvalue weighted by atomic mass is 10.0. The molecule has 136 valence electrons. The van der Waals surface area contributed by atoms with Crippen molar-refractivity contribution < 1.29 is 14.8 Å². The smallest absolute Gasteiger partial charge is 0.336 e. The van der Waals surface area contributed by atoms with Gasteiger partial charge in [0.25, 0.3) is 0 Å². The van der Waals surface area contributed by atoms with E-state index in [-0.39, 0.29) is 11.4 Å². The Balaban J connectivity index is 1.93. The number of nitrogens with two attached hydrogens (primary N) is 1. The Kier molecular flexibility index (Phi) is 5.74. The molecule has 0 amide bonds. The number of phenolic OH excluding ortho intramolecular Hbond substituents is 1. The molecule has 3 N–H and O–H groups in total. The van der Waals surface area contributed by atoms with Crippen molar-refractivity contribution in [3.63, 3.8) is 0 Å². The molecule has 0 saturated carbocycles. The average Bonchev–Trinajstić information content (AvgIpc) is 2.65. The molecule has 0 aliphatic rings. The summed E-state index contributed by atoms with van der Waals surface area (Å²) in [5.74, 6) is 0.178. The number of rotatable bonds is 7. The van der Waals surface area contributed by atoms with E-state index >= 15 is 0 Å². The standard InChI is InChI=1S/C22H25NO3/c1-3-8-19(16-9-6-5-7-10-16)23-14-17-12-22(25)26-21-13-20(24)15(4-2)11-18(17)21/h5-7,9-13,19,23-24H,3-4,8,14H2,1-2H3/p+1/t19-/m0/s1. The highest BCUT2D eigenvalue weighted by Gasteiger charge is 2.16. The molecule has 4 nitrogen and oxygen atoms in total. The first kappa shape index (κ1) is 18.2. The Morgan fingerprint density at radius 2 is 1.85 bits per heavy atom. The fourth-order valence-electron chi connectivity index (χ4n) is 3.46. The van der Waals surface area contributed by atoms with Crippen LogP contribution in [0.1, 0.15) is 49.4 Å². The largest absolute Gasteiger partial charge is 0.508 e. The molecule has 1 aromatic heterocycles. The van der Waals surface area contributed by atoms with Gasteiger partial charge in [-0.05, 0) is 18.1 Å². The third-order valence-corrected chi connectivity index (χ3v) is 4.86. The lowest BCUT2D eigenvalue weighted by molar-refractivity contribution is -0.711. The van der Waals surface area contributed by atoms with Crippen LogP contribution in [-0.2, 0) is 13.0 Å². The number of phenols is 1. The minimum Gasteiger partial charge on any atom is -0.508 e. The molecule has 0 aliphatic heterocycles. The van der Waals surface area contributed by atoms with Crippen molar-refractivity contribution >= 4 is 11.0 Å². The molecule has 0 bridgehead atoms. The molecule has 26 heavy (non-hydrogen) atoms. The molecule has 0 aliphatic carbocycles. The van der Waals surface area contributed by atoms with E-state index in [1.807, 2.05) is 19.1 Å². The quantitative estimate of drug-likeness (QED) is 0.638. The van der Waals surface area contributed by atoms with E-state index < -0.39 is 0 Å². The third-order valence-electron chi connectivity index (χ3n) is 4.86. The second-order valence-electron chi connectivity index (χ2n) is 6.67. The predicted molar refractivity (Wildman–Crippen MR) is 103 cm³/mol. The number of hydrogen-bond donors (Lipinski definition) is 2. The van der Waals surface area contributed by atoms with Crippen molar-refractivity contribution in [3.05, 3.63) is 75.6 Å². The molecule has 0 saturated heterocycles. The molecule has 0 unspecified atom stereocenters. The number of aromatic hydroxyl groups is 1. The Morgan fingerprint density at radius 1 is 1.08 bits per heavy atom. The van der Waals surface area contributed by atoms with E-state index in [0.717, 1.165) is 35.8 Å². The summed E-state index contributed by atoms with van der Waals surface area (Å²) < 4.78 is 5.29. The molecule has 2 aromatic carbocycles. The molecule has 3 aromatic rings. The van der Waals surface area contributed by atoms with Crippen molar-refractivity contribution in [1.29, 1.82) is 0 Å². The summed E-state index contributed by atoms with van der Waals surface area (Å²) in [4.78, 5) is 11.9. The zero-order chi connectivity index (χ0) is 18.5. The average molecular weight is 352 g/mol. The van der Waals surface area contributed by atoms with Crippen LogP contribution in [0, 0.1) is 0 Å². The molecule has 3 rings (SSSR count). The van der Waals surface area contributed by atoms with Crippen LogP contribution in [0.5, 0.6) is 5.75 Å². The van der Waals surface area contributed by atoms with Crippen molar-refractivity contribution in [2.45, 2.75) is 45.7 Å². The van der Waals surface area contributed by atoms with Crippen LogP contribution >= 0.6 is 0 Å². The zero-order valence-electron chi connectivity index (χ0n) is 15.4. The number of fused-ring (bicyclic) bond motifs is 1. The second-order valence-corrected chi connectivity index (χ2v) is 6.67. The van der Waals surface area contributed by atoms with Gasteiger partial charge in [-0.2, -0.15) is 0 Å². The maximum atomic E-state index is 11.9. The molecule has 0 radical (unpaired) electrons. The van der Waals surface area contributed by atoms with E-state index in [1.165, 1.54) is 5.56 Å². The monoisotopic (exact) mass is 352 g/mol. The van der Waals surface area contributed by atoms with Gasteiger partial charge in [0.2, 0.25) is 0 Å². The van der Waals surface area contributed by atoms with Gasteiger partial charge in [-0.15, -0.1) is 0 Å². The van der Waals surface area contributed by atoms with Crippen LogP contribution in [0.15, 0.2) is 57.7 Å². The van der Waals surface area contributed by atoms with Gasteiger partial charge in [-0.1, -0.05) is 50.6 Å². The maximum absolute atomic E-state index is 11.9. The Labute approximate surface area is 153 Å². The number of aryl methyl sites for hydroxylation is 1. The minimum absolute atomic E-state index is 0.178. The van der Waals surface area contributed by atoms with Crippen LogP contribution < -0.4 is 10.9 Å². The molecule has 4 heteroatoms. The third kappa shape index (κ3) is 3.97. The highest BCUT2D eigenvalue weighted by molar-refractivity contribution is 5.82. The van der Waals surface area contributed by atoms with Crippen LogP contribution in [0.3, 0.4) is 0 Å². The van der Waals surface area contributed by atoms with Gasteiger partial charge >= 0.3 is 5.63 Å². The molecular formula is C22H26NO3+. The van der Waals surface area contributed by atoms with Crippen molar-refractivity contribution in [2.24, 2.45) is 0 Å². The first-order valence-electron chi connectivity index (χ1n) is 9.29. The van der Waals surface area contributed by atoms with E-state index in [1.54, 1.807) is 12.1 Å². The van der Waals surface area contributed by atoms with Gasteiger partial charge in [0.15, 0.2) is 0 Å². The van der Waals surface area contributed by atoms with Crippen molar-refractivity contribution in [3.8, 4) is 5.75 Å². The summed E-state index contributed by atoms with van der Waals surface area (Å²) in [6.07, 6.45) is 2.90. The number of benzene rings is 2. The molecular weight excluding hydrogens is 326 g/mol.